The summed E-state index contributed by atoms with van der Waals surface area (Å²) in [6.45, 7) is 8.82. The van der Waals surface area contributed by atoms with Crippen LogP contribution < -0.4 is 0 Å². The largest absolute Gasteiger partial charge is 0.340 e. The quantitative estimate of drug-likeness (QED) is 0.349. The van der Waals surface area contributed by atoms with E-state index in [1.807, 2.05) is 35.2 Å². The minimum atomic E-state index is 0.222. The molecule has 3 heterocycles. The van der Waals surface area contributed by atoms with Crippen LogP contribution in [0.3, 0.4) is 0 Å². The van der Waals surface area contributed by atoms with Crippen molar-refractivity contribution in [3.63, 3.8) is 0 Å². The van der Waals surface area contributed by atoms with E-state index in [0.717, 1.165) is 77.0 Å². The van der Waals surface area contributed by atoms with E-state index in [9.17, 15) is 4.79 Å². The highest BCUT2D eigenvalue weighted by molar-refractivity contribution is 6.30. The van der Waals surface area contributed by atoms with Gasteiger partial charge in [-0.2, -0.15) is 0 Å². The lowest BCUT2D eigenvalue weighted by atomic mass is 10.0. The fraction of sp³-hybridized carbons (Fsp3) is 0.310. The molecule has 0 saturated carbocycles. The minimum absolute atomic E-state index is 0.222. The third kappa shape index (κ3) is 4.97. The predicted molar refractivity (Wildman–Crippen MR) is 143 cm³/mol. The first-order valence-electron chi connectivity index (χ1n) is 12.4. The van der Waals surface area contributed by atoms with Gasteiger partial charge in [0, 0.05) is 49.4 Å². The molecular formula is C29H31ClN4O. The van der Waals surface area contributed by atoms with Gasteiger partial charge in [0.25, 0.3) is 0 Å². The first-order valence-corrected chi connectivity index (χ1v) is 12.7. The number of rotatable bonds is 6. The van der Waals surface area contributed by atoms with Crippen molar-refractivity contribution in [1.29, 1.82) is 0 Å². The molecule has 0 unspecified atom stereocenters. The average molecular weight is 487 g/mol. The SMILES string of the molecule is CCN1CCN(C(=O)CCc2c(-c3ccccc3)nc3ccc(-c4ccc(Cl)cc4C)cn23)CC1. The highest BCUT2D eigenvalue weighted by atomic mass is 35.5. The Morgan fingerprint density at radius 3 is 2.46 bits per heavy atom. The van der Waals surface area contributed by atoms with E-state index >= 15 is 0 Å². The highest BCUT2D eigenvalue weighted by Crippen LogP contribution is 2.30. The maximum absolute atomic E-state index is 13.1. The van der Waals surface area contributed by atoms with E-state index in [4.69, 9.17) is 16.6 Å². The van der Waals surface area contributed by atoms with E-state index in [-0.39, 0.29) is 5.91 Å². The fourth-order valence-corrected chi connectivity index (χ4v) is 5.19. The van der Waals surface area contributed by atoms with Crippen LogP contribution >= 0.6 is 11.6 Å². The predicted octanol–water partition coefficient (Wildman–Crippen LogP) is 5.73. The van der Waals surface area contributed by atoms with Gasteiger partial charge in [-0.25, -0.2) is 4.98 Å². The number of hydrogen-bond acceptors (Lipinski definition) is 3. The molecule has 2 aromatic heterocycles. The molecule has 6 heteroatoms. The summed E-state index contributed by atoms with van der Waals surface area (Å²) in [6.07, 6.45) is 3.26. The second-order valence-electron chi connectivity index (χ2n) is 9.19. The molecule has 0 atom stereocenters. The summed E-state index contributed by atoms with van der Waals surface area (Å²) in [7, 11) is 0. The second-order valence-corrected chi connectivity index (χ2v) is 9.63. The normalized spacial score (nSPS) is 14.5. The van der Waals surface area contributed by atoms with Crippen molar-refractivity contribution in [3.05, 3.63) is 83.1 Å². The number of halogens is 1. The number of pyridine rings is 1. The molecule has 0 aliphatic carbocycles. The number of aryl methyl sites for hydroxylation is 2. The molecule has 4 aromatic rings. The van der Waals surface area contributed by atoms with Gasteiger partial charge in [0.1, 0.15) is 5.65 Å². The molecule has 0 N–H and O–H groups in total. The Kier molecular flexibility index (Phi) is 6.89. The Balaban J connectivity index is 1.49. The molecule has 35 heavy (non-hydrogen) atoms. The van der Waals surface area contributed by atoms with Gasteiger partial charge < -0.3 is 14.2 Å². The lowest BCUT2D eigenvalue weighted by molar-refractivity contribution is -0.132. The number of aromatic nitrogens is 2. The van der Waals surface area contributed by atoms with Crippen molar-refractivity contribution in [2.45, 2.75) is 26.7 Å². The Labute approximate surface area is 212 Å². The van der Waals surface area contributed by atoms with Crippen LogP contribution in [-0.4, -0.2) is 57.8 Å². The Bertz CT molecular complexity index is 1340. The molecule has 1 amide bonds. The number of benzene rings is 2. The van der Waals surface area contributed by atoms with Gasteiger partial charge in [0.05, 0.1) is 11.4 Å². The van der Waals surface area contributed by atoms with E-state index in [2.05, 4.69) is 59.7 Å². The summed E-state index contributed by atoms with van der Waals surface area (Å²) in [6, 6.07) is 20.4. The number of amides is 1. The zero-order valence-electron chi connectivity index (χ0n) is 20.4. The molecule has 5 rings (SSSR count). The summed E-state index contributed by atoms with van der Waals surface area (Å²) < 4.78 is 2.16. The summed E-state index contributed by atoms with van der Waals surface area (Å²) in [5.41, 5.74) is 7.34. The minimum Gasteiger partial charge on any atom is -0.340 e. The third-order valence-electron chi connectivity index (χ3n) is 7.01. The lowest BCUT2D eigenvalue weighted by Gasteiger charge is -2.34. The van der Waals surface area contributed by atoms with Gasteiger partial charge in [0.2, 0.25) is 5.91 Å². The number of nitrogens with zero attached hydrogens (tertiary/aromatic N) is 4. The van der Waals surface area contributed by atoms with Gasteiger partial charge in [0.15, 0.2) is 0 Å². The molecule has 1 aliphatic rings. The molecule has 2 aromatic carbocycles. The van der Waals surface area contributed by atoms with Crippen LogP contribution in [-0.2, 0) is 11.2 Å². The van der Waals surface area contributed by atoms with Gasteiger partial charge in [-0.3, -0.25) is 4.79 Å². The van der Waals surface area contributed by atoms with Crippen LogP contribution in [0.25, 0.3) is 28.0 Å². The molecule has 0 radical (unpaired) electrons. The summed E-state index contributed by atoms with van der Waals surface area (Å²) in [5.74, 6) is 0.222. The van der Waals surface area contributed by atoms with Crippen molar-refractivity contribution >= 4 is 23.2 Å². The van der Waals surface area contributed by atoms with Gasteiger partial charge in [-0.05, 0) is 60.8 Å². The summed E-state index contributed by atoms with van der Waals surface area (Å²) in [4.78, 5) is 22.5. The molecule has 5 nitrogen and oxygen atoms in total. The van der Waals surface area contributed by atoms with Crippen molar-refractivity contribution in [3.8, 4) is 22.4 Å². The van der Waals surface area contributed by atoms with Gasteiger partial charge in [-0.1, -0.05) is 54.9 Å². The van der Waals surface area contributed by atoms with E-state index in [1.54, 1.807) is 0 Å². The molecule has 0 spiro atoms. The lowest BCUT2D eigenvalue weighted by Crippen LogP contribution is -2.48. The number of fused-ring (bicyclic) bond motifs is 1. The van der Waals surface area contributed by atoms with Crippen molar-refractivity contribution in [2.75, 3.05) is 32.7 Å². The number of imidazole rings is 1. The number of carbonyl (C=O) groups is 1. The van der Waals surface area contributed by atoms with Crippen LogP contribution in [0.4, 0.5) is 0 Å². The van der Waals surface area contributed by atoms with Crippen LogP contribution in [0.15, 0.2) is 66.9 Å². The topological polar surface area (TPSA) is 40.8 Å². The second kappa shape index (κ2) is 10.2. The first kappa shape index (κ1) is 23.6. The van der Waals surface area contributed by atoms with E-state index in [1.165, 1.54) is 0 Å². The highest BCUT2D eigenvalue weighted by Gasteiger charge is 2.22. The summed E-state index contributed by atoms with van der Waals surface area (Å²) >= 11 is 6.19. The molecule has 1 aliphatic heterocycles. The Morgan fingerprint density at radius 1 is 0.971 bits per heavy atom. The first-order chi connectivity index (χ1) is 17.0. The maximum Gasteiger partial charge on any atom is 0.223 e. The van der Waals surface area contributed by atoms with E-state index in [0.29, 0.717) is 12.8 Å². The van der Waals surface area contributed by atoms with Crippen LogP contribution in [0.5, 0.6) is 0 Å². The number of carbonyl (C=O) groups excluding carboxylic acids is 1. The molecule has 0 bridgehead atoms. The maximum atomic E-state index is 13.1. The van der Waals surface area contributed by atoms with Crippen LogP contribution in [0.1, 0.15) is 24.6 Å². The fourth-order valence-electron chi connectivity index (χ4n) is 4.97. The standard InChI is InChI=1S/C29H31ClN4O/c1-3-32-15-17-33(18-16-32)28(35)14-12-26-29(22-7-5-4-6-8-22)31-27-13-9-23(20-34(26)27)25-11-10-24(30)19-21(25)2/h4-11,13,19-20H,3,12,14-18H2,1-2H3. The molecule has 1 fully saturated rings. The summed E-state index contributed by atoms with van der Waals surface area (Å²) in [5, 5.41) is 0.736. The van der Waals surface area contributed by atoms with Crippen molar-refractivity contribution in [1.82, 2.24) is 19.2 Å². The van der Waals surface area contributed by atoms with Crippen molar-refractivity contribution < 1.29 is 4.79 Å². The third-order valence-corrected chi connectivity index (χ3v) is 7.25. The van der Waals surface area contributed by atoms with Crippen LogP contribution in [0, 0.1) is 6.92 Å². The van der Waals surface area contributed by atoms with Gasteiger partial charge >= 0.3 is 0 Å². The van der Waals surface area contributed by atoms with Gasteiger partial charge in [-0.15, -0.1) is 0 Å². The smallest absolute Gasteiger partial charge is 0.223 e. The number of likely N-dealkylation sites (N-methyl/N-ethyl adjacent to an activating group) is 1. The number of piperazine rings is 1. The molecule has 1 saturated heterocycles. The molecular weight excluding hydrogens is 456 g/mol. The van der Waals surface area contributed by atoms with Crippen molar-refractivity contribution in [2.24, 2.45) is 0 Å². The zero-order valence-corrected chi connectivity index (χ0v) is 21.1. The zero-order chi connectivity index (χ0) is 24.4. The molecule has 180 valence electrons. The average Bonchev–Trinajstić information content (AvgIpc) is 3.25. The Morgan fingerprint density at radius 2 is 1.74 bits per heavy atom. The number of hydrogen-bond donors (Lipinski definition) is 0. The Hall–Kier alpha value is -3.15. The monoisotopic (exact) mass is 486 g/mol. The van der Waals surface area contributed by atoms with Crippen LogP contribution in [0.2, 0.25) is 5.02 Å². The van der Waals surface area contributed by atoms with E-state index < -0.39 is 0 Å².